The molecule has 0 spiro atoms. The van der Waals surface area contributed by atoms with Gasteiger partial charge in [-0.05, 0) is 29.3 Å². The number of nitrogens with zero attached hydrogens (tertiary/aromatic N) is 5. The Morgan fingerprint density at radius 3 is 2.78 bits per heavy atom. The third-order valence-corrected chi connectivity index (χ3v) is 4.86. The van der Waals surface area contributed by atoms with E-state index < -0.39 is 5.91 Å². The molecule has 0 aliphatic carbocycles. The van der Waals surface area contributed by atoms with Crippen molar-refractivity contribution in [1.82, 2.24) is 24.9 Å². The van der Waals surface area contributed by atoms with Crippen LogP contribution < -0.4 is 16.8 Å². The number of pyridine rings is 2. The highest BCUT2D eigenvalue weighted by Crippen LogP contribution is 2.24. The van der Waals surface area contributed by atoms with Crippen molar-refractivity contribution in [1.29, 1.82) is 0 Å². The summed E-state index contributed by atoms with van der Waals surface area (Å²) in [5, 5.41) is 6.81. The van der Waals surface area contributed by atoms with Gasteiger partial charge in [-0.1, -0.05) is 41.9 Å². The van der Waals surface area contributed by atoms with Gasteiger partial charge >= 0.3 is 0 Å². The van der Waals surface area contributed by atoms with Crippen LogP contribution in [0, 0.1) is 0 Å². The number of nitrogen functional groups attached to an aromatic ring is 1. The van der Waals surface area contributed by atoms with Crippen molar-refractivity contribution in [2.24, 2.45) is 10.7 Å². The van der Waals surface area contributed by atoms with Gasteiger partial charge < -0.3 is 16.8 Å². The van der Waals surface area contributed by atoms with E-state index in [-0.39, 0.29) is 16.7 Å². The van der Waals surface area contributed by atoms with Crippen molar-refractivity contribution in [3.05, 3.63) is 89.1 Å². The summed E-state index contributed by atoms with van der Waals surface area (Å²) in [7, 11) is 0. The van der Waals surface area contributed by atoms with E-state index in [4.69, 9.17) is 23.1 Å². The summed E-state index contributed by atoms with van der Waals surface area (Å²) in [5.74, 6) is -0.286. The average Bonchev–Trinajstić information content (AvgIpc) is 3.18. The van der Waals surface area contributed by atoms with Gasteiger partial charge in [-0.15, -0.1) is 5.10 Å². The van der Waals surface area contributed by atoms with Gasteiger partial charge in [0.15, 0.2) is 5.65 Å². The van der Waals surface area contributed by atoms with Crippen LogP contribution in [0.4, 0.5) is 5.95 Å². The van der Waals surface area contributed by atoms with E-state index in [0.717, 1.165) is 11.1 Å². The van der Waals surface area contributed by atoms with Crippen molar-refractivity contribution in [2.45, 2.75) is 6.54 Å². The van der Waals surface area contributed by atoms with Crippen molar-refractivity contribution in [2.75, 3.05) is 5.73 Å². The molecular weight excluding hydrogens is 428 g/mol. The maximum absolute atomic E-state index is 12.8. The lowest BCUT2D eigenvalue weighted by atomic mass is 10.1. The molecule has 32 heavy (non-hydrogen) atoms. The van der Waals surface area contributed by atoms with Gasteiger partial charge in [0.2, 0.25) is 5.95 Å². The number of nitrogens with two attached hydrogens (primary N) is 2. The summed E-state index contributed by atoms with van der Waals surface area (Å²) in [4.78, 5) is 25.4. The number of rotatable bonds is 6. The van der Waals surface area contributed by atoms with Crippen molar-refractivity contribution in [3.63, 3.8) is 0 Å². The Balaban J connectivity index is 1.52. The lowest BCUT2D eigenvalue weighted by molar-refractivity contribution is 0.0968. The van der Waals surface area contributed by atoms with Crippen molar-refractivity contribution in [3.8, 4) is 11.1 Å². The van der Waals surface area contributed by atoms with Crippen LogP contribution in [0.25, 0.3) is 16.8 Å². The zero-order valence-corrected chi connectivity index (χ0v) is 17.6. The van der Waals surface area contributed by atoms with Crippen LogP contribution in [0.3, 0.4) is 0 Å². The number of amides is 1. The van der Waals surface area contributed by atoms with Crippen LogP contribution in [0.15, 0.2) is 77.8 Å². The molecule has 0 atom stereocenters. The molecule has 0 fully saturated rings. The lowest BCUT2D eigenvalue weighted by Crippen LogP contribution is -2.25. The molecule has 0 saturated heterocycles. The maximum atomic E-state index is 12.8. The first-order chi connectivity index (χ1) is 15.5. The minimum absolute atomic E-state index is 0.0663. The molecule has 0 unspecified atom stereocenters. The van der Waals surface area contributed by atoms with E-state index in [9.17, 15) is 4.79 Å². The summed E-state index contributed by atoms with van der Waals surface area (Å²) >= 11 is 6.19. The van der Waals surface area contributed by atoms with E-state index in [1.807, 2.05) is 36.4 Å². The molecule has 10 heteroatoms. The molecule has 9 nitrogen and oxygen atoms in total. The largest absolute Gasteiger partial charge is 0.403 e. The van der Waals surface area contributed by atoms with Gasteiger partial charge in [-0.25, -0.2) is 9.50 Å². The fourth-order valence-electron chi connectivity index (χ4n) is 2.99. The molecule has 160 valence electrons. The molecule has 0 aliphatic rings. The standard InChI is InChI=1S/C22H19ClN8O/c23-20-18(21(32)28-17(10-24)13-26-11-14-4-2-1-3-5-14)8-16(12-27-20)15-6-7-31-19(9-15)29-22(25)30-31/h1-10,12-13H,11,24H2,(H2,25,30)(H,28,32). The Morgan fingerprint density at radius 2 is 2.00 bits per heavy atom. The molecule has 0 bridgehead atoms. The second-order valence-electron chi connectivity index (χ2n) is 6.78. The van der Waals surface area contributed by atoms with Gasteiger partial charge in [0, 0.05) is 30.4 Å². The zero-order chi connectivity index (χ0) is 22.5. The highest BCUT2D eigenvalue weighted by Gasteiger charge is 2.15. The van der Waals surface area contributed by atoms with E-state index in [2.05, 4.69) is 25.4 Å². The van der Waals surface area contributed by atoms with Crippen LogP contribution in [0.1, 0.15) is 15.9 Å². The summed E-state index contributed by atoms with van der Waals surface area (Å²) in [6.07, 6.45) is 6.06. The van der Waals surface area contributed by atoms with E-state index in [1.165, 1.54) is 12.4 Å². The number of fused-ring (bicyclic) bond motifs is 1. The predicted molar refractivity (Wildman–Crippen MR) is 124 cm³/mol. The highest BCUT2D eigenvalue weighted by atomic mass is 35.5. The minimum atomic E-state index is -0.458. The second-order valence-corrected chi connectivity index (χ2v) is 7.14. The summed E-state index contributed by atoms with van der Waals surface area (Å²) in [6.45, 7) is 0.460. The normalized spacial score (nSPS) is 11.8. The Kier molecular flexibility index (Phi) is 6.09. The molecule has 1 aromatic carbocycles. The van der Waals surface area contributed by atoms with E-state index >= 15 is 0 Å². The van der Waals surface area contributed by atoms with Gasteiger partial charge in [-0.2, -0.15) is 4.98 Å². The Morgan fingerprint density at radius 1 is 1.19 bits per heavy atom. The quantitative estimate of drug-likeness (QED) is 0.307. The maximum Gasteiger partial charge on any atom is 0.258 e. The van der Waals surface area contributed by atoms with E-state index in [0.29, 0.717) is 23.5 Å². The average molecular weight is 447 g/mol. The third-order valence-electron chi connectivity index (χ3n) is 4.56. The minimum Gasteiger partial charge on any atom is -0.403 e. The fraction of sp³-hybridized carbons (Fsp3) is 0.0455. The number of aromatic nitrogens is 4. The Bertz CT molecular complexity index is 1330. The number of carbonyl (C=O) groups excluding carboxylic acids is 1. The summed E-state index contributed by atoms with van der Waals surface area (Å²) < 4.78 is 1.56. The van der Waals surface area contributed by atoms with E-state index in [1.54, 1.807) is 29.0 Å². The zero-order valence-electron chi connectivity index (χ0n) is 16.8. The first kappa shape index (κ1) is 21.0. The molecule has 1 amide bonds. The highest BCUT2D eigenvalue weighted by molar-refractivity contribution is 6.32. The Labute approximate surface area is 188 Å². The molecule has 0 aliphatic heterocycles. The smallest absolute Gasteiger partial charge is 0.258 e. The number of hydrogen-bond acceptors (Lipinski definition) is 7. The monoisotopic (exact) mass is 446 g/mol. The first-order valence-electron chi connectivity index (χ1n) is 9.58. The number of aliphatic imine (C=N–C) groups is 1. The molecule has 3 heterocycles. The van der Waals surface area contributed by atoms with Crippen LogP contribution in [0.2, 0.25) is 5.15 Å². The molecule has 4 rings (SSSR count). The van der Waals surface area contributed by atoms with Gasteiger partial charge in [-0.3, -0.25) is 9.79 Å². The summed E-state index contributed by atoms with van der Waals surface area (Å²) in [5.41, 5.74) is 14.9. The van der Waals surface area contributed by atoms with Gasteiger partial charge in [0.1, 0.15) is 5.15 Å². The fourth-order valence-corrected chi connectivity index (χ4v) is 3.18. The Hall–Kier alpha value is -4.24. The number of carbonyl (C=O) groups is 1. The molecular formula is C22H19ClN8O. The molecule has 5 N–H and O–H groups in total. The number of hydrogen-bond donors (Lipinski definition) is 3. The molecule has 3 aromatic heterocycles. The van der Waals surface area contributed by atoms with Crippen LogP contribution in [-0.2, 0) is 6.54 Å². The topological polar surface area (TPSA) is 137 Å². The van der Waals surface area contributed by atoms with Crippen LogP contribution >= 0.6 is 11.6 Å². The lowest BCUT2D eigenvalue weighted by Gasteiger charge is -2.09. The molecule has 0 saturated carbocycles. The molecule has 0 radical (unpaired) electrons. The van der Waals surface area contributed by atoms with Crippen LogP contribution in [0.5, 0.6) is 0 Å². The number of halogens is 1. The predicted octanol–water partition coefficient (Wildman–Crippen LogP) is 2.83. The van der Waals surface area contributed by atoms with Crippen molar-refractivity contribution < 1.29 is 4.79 Å². The summed E-state index contributed by atoms with van der Waals surface area (Å²) in [6, 6.07) is 15.0. The number of nitrogens with one attached hydrogen (secondary N) is 1. The van der Waals surface area contributed by atoms with Gasteiger partial charge in [0.05, 0.1) is 17.8 Å². The number of anilines is 1. The van der Waals surface area contributed by atoms with Gasteiger partial charge in [0.25, 0.3) is 5.91 Å². The van der Waals surface area contributed by atoms with Crippen molar-refractivity contribution >= 4 is 35.3 Å². The second kappa shape index (κ2) is 9.27. The number of allylic oxidation sites excluding steroid dienone is 1. The SMILES string of the molecule is NC=C(C=NCc1ccccc1)NC(=O)c1cc(-c2ccn3nc(N)nc3c2)cnc1Cl. The molecule has 4 aromatic rings. The van der Waals surface area contributed by atoms with Crippen LogP contribution in [-0.4, -0.2) is 31.7 Å². The third kappa shape index (κ3) is 4.73. The number of benzene rings is 1. The first-order valence-corrected chi connectivity index (χ1v) is 9.96.